The smallest absolute Gasteiger partial charge is 0.416 e. The van der Waals surface area contributed by atoms with Crippen molar-refractivity contribution in [3.05, 3.63) is 74.8 Å². The number of nitrogens with zero attached hydrogens (tertiary/aromatic N) is 3. The maximum Gasteiger partial charge on any atom is 0.416 e. The summed E-state index contributed by atoms with van der Waals surface area (Å²) >= 11 is 0. The van der Waals surface area contributed by atoms with E-state index in [9.17, 15) is 33.2 Å². The van der Waals surface area contributed by atoms with Gasteiger partial charge in [0.05, 0.1) is 17.6 Å². The first-order valence-corrected chi connectivity index (χ1v) is 12.9. The van der Waals surface area contributed by atoms with Crippen LogP contribution in [0.15, 0.2) is 42.5 Å². The van der Waals surface area contributed by atoms with Crippen molar-refractivity contribution >= 4 is 12.0 Å². The molecule has 2 aliphatic carbocycles. The number of rotatable bonds is 4. The summed E-state index contributed by atoms with van der Waals surface area (Å²) in [6.07, 6.45) is -1.27. The second-order valence-electron chi connectivity index (χ2n) is 11.1. The van der Waals surface area contributed by atoms with Crippen molar-refractivity contribution in [1.82, 2.24) is 9.80 Å². The van der Waals surface area contributed by atoms with Crippen molar-refractivity contribution in [3.63, 3.8) is 0 Å². The van der Waals surface area contributed by atoms with Gasteiger partial charge in [0.2, 0.25) is 5.91 Å². The molecule has 4 aliphatic rings. The Bertz CT molecular complexity index is 1410. The molecule has 2 aliphatic heterocycles. The molecule has 2 heterocycles. The van der Waals surface area contributed by atoms with Gasteiger partial charge in [-0.2, -0.15) is 13.2 Å². The van der Waals surface area contributed by atoms with Crippen LogP contribution in [0.3, 0.4) is 0 Å². The summed E-state index contributed by atoms with van der Waals surface area (Å²) in [5.74, 6) is -0.269. The summed E-state index contributed by atoms with van der Waals surface area (Å²) in [6, 6.07) is 7.15. The van der Waals surface area contributed by atoms with Crippen LogP contribution >= 0.6 is 0 Å². The number of carbonyl (C=O) groups is 1. The van der Waals surface area contributed by atoms with Crippen molar-refractivity contribution in [3.8, 4) is 11.5 Å². The maximum absolute atomic E-state index is 13.3. The number of phenolic OH excluding ortho intramolecular Hbond substituents is 1. The minimum atomic E-state index is -4.50. The number of ether oxygens (including phenoxy) is 1. The summed E-state index contributed by atoms with van der Waals surface area (Å²) in [4.78, 5) is 29.6. The fraction of sp³-hybridized carbons (Fsp3) is 0.464. The zero-order valence-electron chi connectivity index (χ0n) is 21.4. The summed E-state index contributed by atoms with van der Waals surface area (Å²) < 4.78 is 45.7. The average Bonchev–Trinajstić information content (AvgIpc) is 3.25. The van der Waals surface area contributed by atoms with Gasteiger partial charge >= 0.3 is 6.18 Å². The van der Waals surface area contributed by atoms with Gasteiger partial charge in [0, 0.05) is 30.0 Å². The number of amides is 1. The third kappa shape index (κ3) is 3.38. The van der Waals surface area contributed by atoms with Crippen molar-refractivity contribution in [2.24, 2.45) is 0 Å². The highest BCUT2D eigenvalue weighted by molar-refractivity contribution is 5.92. The summed E-state index contributed by atoms with van der Waals surface area (Å²) in [7, 11) is 3.49. The predicted octanol–water partition coefficient (Wildman–Crippen LogP) is 4.02. The first kappa shape index (κ1) is 25.7. The number of aromatic hydroxyl groups is 1. The van der Waals surface area contributed by atoms with Crippen LogP contribution in [-0.4, -0.2) is 70.1 Å². The molecule has 39 heavy (non-hydrogen) atoms. The van der Waals surface area contributed by atoms with Crippen molar-refractivity contribution in [2.75, 3.05) is 20.6 Å². The van der Waals surface area contributed by atoms with Crippen LogP contribution < -0.4 is 4.74 Å². The van der Waals surface area contributed by atoms with Crippen LogP contribution in [-0.2, 0) is 22.8 Å². The van der Waals surface area contributed by atoms with Gasteiger partial charge in [-0.1, -0.05) is 18.2 Å². The van der Waals surface area contributed by atoms with E-state index in [1.54, 1.807) is 13.1 Å². The van der Waals surface area contributed by atoms with Gasteiger partial charge in [-0.15, -0.1) is 0 Å². The molecule has 1 saturated heterocycles. The largest absolute Gasteiger partial charge is 0.504 e. The van der Waals surface area contributed by atoms with Gasteiger partial charge < -0.3 is 14.7 Å². The van der Waals surface area contributed by atoms with Gasteiger partial charge in [-0.05, 0) is 68.3 Å². The molecule has 6 rings (SSSR count). The highest BCUT2D eigenvalue weighted by Gasteiger charge is 2.80. The van der Waals surface area contributed by atoms with E-state index in [4.69, 9.17) is 4.74 Å². The van der Waals surface area contributed by atoms with E-state index >= 15 is 0 Å². The molecule has 1 N–H and O–H groups in total. The monoisotopic (exact) mass is 543 g/mol. The molecule has 2 bridgehead atoms. The van der Waals surface area contributed by atoms with E-state index in [1.165, 1.54) is 29.2 Å². The van der Waals surface area contributed by atoms with E-state index in [0.29, 0.717) is 31.4 Å². The van der Waals surface area contributed by atoms with Gasteiger partial charge in [0.25, 0.3) is 5.54 Å². The van der Waals surface area contributed by atoms with E-state index in [-0.39, 0.29) is 34.4 Å². The van der Waals surface area contributed by atoms with Gasteiger partial charge in [-0.3, -0.25) is 19.8 Å². The molecule has 2 aromatic rings. The normalized spacial score (nSPS) is 31.1. The van der Waals surface area contributed by atoms with E-state index in [1.807, 2.05) is 18.0 Å². The minimum absolute atomic E-state index is 0.0793. The second-order valence-corrected chi connectivity index (χ2v) is 11.1. The lowest BCUT2D eigenvalue weighted by molar-refractivity contribution is -0.605. The molecular weight excluding hydrogens is 515 g/mol. The second kappa shape index (κ2) is 8.45. The third-order valence-corrected chi connectivity index (χ3v) is 9.50. The molecule has 0 aromatic heterocycles. The summed E-state index contributed by atoms with van der Waals surface area (Å²) in [5.41, 5.74) is -1.35. The molecule has 2 aromatic carbocycles. The number of benzene rings is 2. The fourth-order valence-electron chi connectivity index (χ4n) is 7.77. The third-order valence-electron chi connectivity index (χ3n) is 9.50. The number of hydrogen-bond acceptors (Lipinski definition) is 6. The molecule has 11 heteroatoms. The molecule has 5 atom stereocenters. The number of phenols is 1. The van der Waals surface area contributed by atoms with Crippen LogP contribution in [0.1, 0.15) is 41.5 Å². The SMILES string of the molecule is CN1CC[C@]23c4c5ccc(O)c4O[C@H]2[C@@H](N(C)C(=O)C=Cc2cccc(C(F)(F)F)c2)CC[C@@]3([N+](=O)[O-])[C@H]1C5. The zero-order valence-corrected chi connectivity index (χ0v) is 21.4. The topological polar surface area (TPSA) is 96.2 Å². The Kier molecular flexibility index (Phi) is 5.56. The molecule has 1 spiro atoms. The summed E-state index contributed by atoms with van der Waals surface area (Å²) in [6.45, 7) is 0.606. The fourth-order valence-corrected chi connectivity index (χ4v) is 7.77. The standard InChI is InChI=1S/C28H28F3N3O5/c1-32-13-12-26-23-17-7-8-20(35)24(23)39-25(26)19(10-11-27(26,34(37)38)21(32)15-17)33(2)22(36)9-6-16-4-3-5-18(14-16)28(29,30)31/h3-9,14,19,21,25,35H,10-13,15H2,1-2H3/t19-,21+,25-,26-,27+/m0/s1. The summed E-state index contributed by atoms with van der Waals surface area (Å²) in [5, 5.41) is 23.7. The van der Waals surface area contributed by atoms with Crippen LogP contribution in [0.5, 0.6) is 11.5 Å². The van der Waals surface area contributed by atoms with Crippen molar-refractivity contribution in [2.45, 2.75) is 61.0 Å². The van der Waals surface area contributed by atoms with Gasteiger partial charge in [0.1, 0.15) is 11.5 Å². The number of alkyl halides is 3. The van der Waals surface area contributed by atoms with Gasteiger partial charge in [-0.25, -0.2) is 0 Å². The maximum atomic E-state index is 13.3. The molecule has 2 fully saturated rings. The van der Waals surface area contributed by atoms with E-state index in [0.717, 1.165) is 17.7 Å². The van der Waals surface area contributed by atoms with Crippen molar-refractivity contribution in [1.29, 1.82) is 0 Å². The highest BCUT2D eigenvalue weighted by atomic mass is 19.4. The number of carbonyl (C=O) groups excluding carboxylic acids is 1. The number of halogens is 3. The predicted molar refractivity (Wildman–Crippen MR) is 135 cm³/mol. The molecule has 0 radical (unpaired) electrons. The Labute approximate surface area is 222 Å². The molecule has 1 saturated carbocycles. The molecule has 206 valence electrons. The quantitative estimate of drug-likeness (QED) is 0.356. The Morgan fingerprint density at radius 1 is 1.28 bits per heavy atom. The van der Waals surface area contributed by atoms with E-state index in [2.05, 4.69) is 0 Å². The number of hydrogen-bond donors (Lipinski definition) is 1. The van der Waals surface area contributed by atoms with E-state index < -0.39 is 40.7 Å². The van der Waals surface area contributed by atoms with Crippen LogP contribution in [0, 0.1) is 10.1 Å². The van der Waals surface area contributed by atoms with Crippen LogP contribution in [0.25, 0.3) is 6.08 Å². The average molecular weight is 544 g/mol. The number of likely N-dealkylation sites (tertiary alicyclic amines) is 1. The lowest BCUT2D eigenvalue weighted by Gasteiger charge is -2.61. The highest BCUT2D eigenvalue weighted by Crippen LogP contribution is 2.66. The molecule has 1 amide bonds. The first-order chi connectivity index (χ1) is 18.4. The number of nitro groups is 1. The van der Waals surface area contributed by atoms with Crippen LogP contribution in [0.4, 0.5) is 13.2 Å². The Balaban J connectivity index is 1.38. The minimum Gasteiger partial charge on any atom is -0.504 e. The Morgan fingerprint density at radius 3 is 2.77 bits per heavy atom. The number of likely N-dealkylation sites (N-methyl/N-ethyl adjacent to an activating group) is 2. The first-order valence-electron chi connectivity index (χ1n) is 12.9. The molecular formula is C28H28F3N3O5. The molecule has 0 unspecified atom stereocenters. The lowest BCUT2D eigenvalue weighted by atomic mass is 9.47. The Hall–Kier alpha value is -3.60. The molecule has 8 nitrogen and oxygen atoms in total. The van der Waals surface area contributed by atoms with Crippen LogP contribution in [0.2, 0.25) is 0 Å². The Morgan fingerprint density at radius 2 is 2.05 bits per heavy atom. The number of piperidine rings is 1. The van der Waals surface area contributed by atoms with Gasteiger partial charge in [0.15, 0.2) is 11.5 Å². The zero-order chi connectivity index (χ0) is 27.9. The van der Waals surface area contributed by atoms with Crippen molar-refractivity contribution < 1.29 is 32.7 Å². The lowest BCUT2D eigenvalue weighted by Crippen LogP contribution is -2.80.